The van der Waals surface area contributed by atoms with Gasteiger partial charge in [0.25, 0.3) is 0 Å². The molecular weight excluding hydrogens is 358 g/mol. The van der Waals surface area contributed by atoms with E-state index in [1.165, 1.54) is 11.3 Å². The lowest BCUT2D eigenvalue weighted by molar-refractivity contribution is 0.251. The van der Waals surface area contributed by atoms with E-state index in [-0.39, 0.29) is 6.03 Å². The number of carbonyl (C=O) groups is 1. The van der Waals surface area contributed by atoms with Crippen LogP contribution in [0, 0.1) is 4.77 Å². The Bertz CT molecular complexity index is 926. The Hall–Kier alpha value is -2.59. The first-order valence-corrected chi connectivity index (χ1v) is 9.07. The standard InChI is InChI=1S/C15H15N7OS2/c23-14(16-7-12-19-21-15(24)22(12)11-5-6-11)18-10-3-1-9(2-4-10)13-20-17-8-25-13/h1-4,8,11H,5-7H2,(H,21,24)(H2,16,18,23). The third kappa shape index (κ3) is 3.59. The molecule has 128 valence electrons. The van der Waals surface area contributed by atoms with Gasteiger partial charge in [0.05, 0.1) is 6.54 Å². The lowest BCUT2D eigenvalue weighted by atomic mass is 10.2. The minimum absolute atomic E-state index is 0.292. The lowest BCUT2D eigenvalue weighted by Gasteiger charge is -2.09. The number of rotatable bonds is 5. The summed E-state index contributed by atoms with van der Waals surface area (Å²) in [6, 6.07) is 7.58. The summed E-state index contributed by atoms with van der Waals surface area (Å²) in [6.07, 6.45) is 2.21. The second-order valence-electron chi connectivity index (χ2n) is 5.68. The fourth-order valence-electron chi connectivity index (χ4n) is 2.50. The summed E-state index contributed by atoms with van der Waals surface area (Å²) in [6.45, 7) is 0.318. The van der Waals surface area contributed by atoms with Gasteiger partial charge < -0.3 is 10.6 Å². The van der Waals surface area contributed by atoms with E-state index in [2.05, 4.69) is 31.0 Å². The van der Waals surface area contributed by atoms with Gasteiger partial charge in [-0.25, -0.2) is 4.79 Å². The van der Waals surface area contributed by atoms with Crippen molar-refractivity contribution in [3.8, 4) is 10.6 Å². The number of benzene rings is 1. The zero-order valence-electron chi connectivity index (χ0n) is 13.1. The highest BCUT2D eigenvalue weighted by Gasteiger charge is 2.27. The predicted octanol–water partition coefficient (Wildman–Crippen LogP) is 3.12. The fourth-order valence-corrected chi connectivity index (χ4v) is 3.36. The molecule has 0 radical (unpaired) electrons. The molecule has 0 unspecified atom stereocenters. The van der Waals surface area contributed by atoms with Crippen LogP contribution in [0.25, 0.3) is 10.6 Å². The molecule has 2 heterocycles. The van der Waals surface area contributed by atoms with E-state index < -0.39 is 0 Å². The molecule has 2 aromatic heterocycles. The van der Waals surface area contributed by atoms with Crippen LogP contribution in [-0.2, 0) is 6.54 Å². The Balaban J connectivity index is 1.35. The first kappa shape index (κ1) is 15.9. The third-order valence-corrected chi connectivity index (χ3v) is 4.87. The Morgan fingerprint density at radius 1 is 1.36 bits per heavy atom. The zero-order chi connectivity index (χ0) is 17.2. The van der Waals surface area contributed by atoms with Gasteiger partial charge in [-0.1, -0.05) is 11.3 Å². The topological polar surface area (TPSA) is 101 Å². The van der Waals surface area contributed by atoms with Crippen molar-refractivity contribution < 1.29 is 4.79 Å². The Labute approximate surface area is 152 Å². The SMILES string of the molecule is O=C(NCc1n[nH]c(=S)n1C1CC1)Nc1ccc(-c2nncs2)cc1. The molecule has 1 aliphatic carbocycles. The molecule has 0 bridgehead atoms. The number of carbonyl (C=O) groups excluding carboxylic acids is 1. The van der Waals surface area contributed by atoms with Gasteiger partial charge in [0.15, 0.2) is 10.6 Å². The summed E-state index contributed by atoms with van der Waals surface area (Å²) in [4.78, 5) is 12.1. The van der Waals surface area contributed by atoms with E-state index in [1.807, 2.05) is 28.8 Å². The highest BCUT2D eigenvalue weighted by atomic mass is 32.1. The lowest BCUT2D eigenvalue weighted by Crippen LogP contribution is -2.29. The van der Waals surface area contributed by atoms with Gasteiger partial charge in [-0.3, -0.25) is 9.67 Å². The normalized spacial score (nSPS) is 13.6. The molecular formula is C15H15N7OS2. The molecule has 0 atom stereocenters. The van der Waals surface area contributed by atoms with Crippen LogP contribution in [0.2, 0.25) is 0 Å². The zero-order valence-corrected chi connectivity index (χ0v) is 14.7. The molecule has 3 aromatic rings. The van der Waals surface area contributed by atoms with Crippen LogP contribution >= 0.6 is 23.6 Å². The number of aromatic amines is 1. The van der Waals surface area contributed by atoms with Crippen molar-refractivity contribution in [1.29, 1.82) is 0 Å². The van der Waals surface area contributed by atoms with Gasteiger partial charge in [0.1, 0.15) is 10.5 Å². The van der Waals surface area contributed by atoms with Crippen LogP contribution in [0.5, 0.6) is 0 Å². The van der Waals surface area contributed by atoms with Crippen molar-refractivity contribution in [1.82, 2.24) is 30.3 Å². The minimum Gasteiger partial charge on any atom is -0.331 e. The van der Waals surface area contributed by atoms with Gasteiger partial charge in [-0.15, -0.1) is 10.2 Å². The number of nitrogens with zero attached hydrogens (tertiary/aromatic N) is 4. The molecule has 0 aliphatic heterocycles. The summed E-state index contributed by atoms with van der Waals surface area (Å²) >= 11 is 6.70. The number of nitrogens with one attached hydrogen (secondary N) is 3. The average molecular weight is 373 g/mol. The molecule has 3 N–H and O–H groups in total. The first-order valence-electron chi connectivity index (χ1n) is 7.78. The van der Waals surface area contributed by atoms with E-state index in [0.29, 0.717) is 23.0 Å². The molecule has 1 saturated carbocycles. The van der Waals surface area contributed by atoms with Crippen molar-refractivity contribution in [2.24, 2.45) is 0 Å². The molecule has 25 heavy (non-hydrogen) atoms. The Morgan fingerprint density at radius 3 is 2.84 bits per heavy atom. The molecule has 1 aliphatic rings. The van der Waals surface area contributed by atoms with E-state index in [0.717, 1.165) is 29.2 Å². The highest BCUT2D eigenvalue weighted by molar-refractivity contribution is 7.71. The molecule has 0 spiro atoms. The summed E-state index contributed by atoms with van der Waals surface area (Å²) in [5.74, 6) is 0.745. The molecule has 8 nitrogen and oxygen atoms in total. The van der Waals surface area contributed by atoms with Gasteiger partial charge in [0, 0.05) is 17.3 Å². The highest BCUT2D eigenvalue weighted by Crippen LogP contribution is 2.35. The largest absolute Gasteiger partial charge is 0.331 e. The fraction of sp³-hybridized carbons (Fsp3) is 0.267. The van der Waals surface area contributed by atoms with Crippen molar-refractivity contribution in [2.75, 3.05) is 5.32 Å². The minimum atomic E-state index is -0.292. The third-order valence-electron chi connectivity index (χ3n) is 3.85. The van der Waals surface area contributed by atoms with Crippen molar-refractivity contribution in [3.63, 3.8) is 0 Å². The van der Waals surface area contributed by atoms with Crippen LogP contribution in [-0.4, -0.2) is 31.0 Å². The maximum absolute atomic E-state index is 12.1. The summed E-state index contributed by atoms with van der Waals surface area (Å²) in [7, 11) is 0. The molecule has 1 fully saturated rings. The Morgan fingerprint density at radius 2 is 2.16 bits per heavy atom. The monoisotopic (exact) mass is 373 g/mol. The predicted molar refractivity (Wildman–Crippen MR) is 96.9 cm³/mol. The maximum Gasteiger partial charge on any atom is 0.319 e. The number of H-pyrrole nitrogens is 1. The van der Waals surface area contributed by atoms with Crippen molar-refractivity contribution >= 4 is 35.3 Å². The Kier molecular flexibility index (Phi) is 4.28. The number of amides is 2. The number of hydrogen-bond acceptors (Lipinski definition) is 6. The van der Waals surface area contributed by atoms with Crippen LogP contribution in [0.4, 0.5) is 10.5 Å². The summed E-state index contributed by atoms with van der Waals surface area (Å²) in [5.41, 5.74) is 3.35. The van der Waals surface area contributed by atoms with Gasteiger partial charge in [-0.2, -0.15) is 5.10 Å². The van der Waals surface area contributed by atoms with E-state index >= 15 is 0 Å². The van der Waals surface area contributed by atoms with Gasteiger partial charge in [0.2, 0.25) is 0 Å². The molecule has 4 rings (SSSR count). The maximum atomic E-state index is 12.1. The van der Waals surface area contributed by atoms with Crippen molar-refractivity contribution in [2.45, 2.75) is 25.4 Å². The van der Waals surface area contributed by atoms with E-state index in [4.69, 9.17) is 12.2 Å². The second-order valence-corrected chi connectivity index (χ2v) is 6.89. The number of anilines is 1. The van der Waals surface area contributed by atoms with Gasteiger partial charge >= 0.3 is 6.03 Å². The van der Waals surface area contributed by atoms with Gasteiger partial charge in [-0.05, 0) is 49.3 Å². The smallest absolute Gasteiger partial charge is 0.319 e. The van der Waals surface area contributed by atoms with Crippen LogP contribution in [0.15, 0.2) is 29.8 Å². The first-order chi connectivity index (χ1) is 12.2. The number of aromatic nitrogens is 5. The van der Waals surface area contributed by atoms with Crippen LogP contribution in [0.3, 0.4) is 0 Å². The molecule has 2 amide bonds. The quantitative estimate of drug-likeness (QED) is 0.597. The molecule has 0 saturated heterocycles. The van der Waals surface area contributed by atoms with Crippen molar-refractivity contribution in [3.05, 3.63) is 40.4 Å². The number of hydrogen-bond donors (Lipinski definition) is 3. The summed E-state index contributed by atoms with van der Waals surface area (Å²) in [5, 5.41) is 21.3. The summed E-state index contributed by atoms with van der Waals surface area (Å²) < 4.78 is 2.58. The van der Waals surface area contributed by atoms with Crippen LogP contribution in [0.1, 0.15) is 24.7 Å². The van der Waals surface area contributed by atoms with Crippen LogP contribution < -0.4 is 10.6 Å². The average Bonchev–Trinajstić information content (AvgIpc) is 3.16. The number of urea groups is 1. The van der Waals surface area contributed by atoms with E-state index in [9.17, 15) is 4.79 Å². The molecule has 1 aromatic carbocycles. The second kappa shape index (κ2) is 6.73. The molecule has 10 heteroatoms. The van der Waals surface area contributed by atoms with E-state index in [1.54, 1.807) is 5.51 Å².